The molecule has 2 aromatic heterocycles. The van der Waals surface area contributed by atoms with E-state index in [2.05, 4.69) is 87.7 Å². The average molecular weight is 439 g/mol. The molecule has 0 aliphatic heterocycles. The highest BCUT2D eigenvalue weighted by Crippen LogP contribution is 2.37. The maximum atomic E-state index is 6.13. The lowest BCUT2D eigenvalue weighted by Gasteiger charge is -2.33. The van der Waals surface area contributed by atoms with Gasteiger partial charge in [0.25, 0.3) is 0 Å². The topological polar surface area (TPSA) is 92.5 Å². The monoisotopic (exact) mass is 438 g/mol. The van der Waals surface area contributed by atoms with Crippen LogP contribution in [0.25, 0.3) is 11.2 Å². The summed E-state index contributed by atoms with van der Waals surface area (Å²) in [5.41, 5.74) is 13.9. The Morgan fingerprint density at radius 3 is 2.76 bits per heavy atom. The normalized spacial score (nSPS) is 18.7. The number of aromatic nitrogens is 4. The fourth-order valence-electron chi connectivity index (χ4n) is 5.12. The quantitative estimate of drug-likeness (QED) is 0.356. The van der Waals surface area contributed by atoms with Gasteiger partial charge in [-0.05, 0) is 67.0 Å². The van der Waals surface area contributed by atoms with Crippen molar-refractivity contribution in [2.45, 2.75) is 38.1 Å². The molecular formula is C27H30N6. The summed E-state index contributed by atoms with van der Waals surface area (Å²) in [4.78, 5) is 4.32. The Morgan fingerprint density at radius 1 is 1.15 bits per heavy atom. The fraction of sp³-hybridized carbons (Fsp3) is 0.296. The van der Waals surface area contributed by atoms with Gasteiger partial charge in [-0.15, -0.1) is 5.10 Å². The summed E-state index contributed by atoms with van der Waals surface area (Å²) in [7, 11) is 0. The molecule has 6 nitrogen and oxygen atoms in total. The number of rotatable bonds is 7. The van der Waals surface area contributed by atoms with Crippen LogP contribution in [-0.4, -0.2) is 26.9 Å². The van der Waals surface area contributed by atoms with Gasteiger partial charge in [-0.1, -0.05) is 66.7 Å². The Balaban J connectivity index is 1.41. The molecule has 4 N–H and O–H groups in total. The second-order valence-electron chi connectivity index (χ2n) is 9.07. The van der Waals surface area contributed by atoms with Crippen LogP contribution in [0, 0.1) is 5.92 Å². The number of hydrogen-bond acceptors (Lipinski definition) is 5. The molecule has 6 heteroatoms. The Kier molecular flexibility index (Phi) is 5.92. The highest BCUT2D eigenvalue weighted by Gasteiger charge is 2.27. The summed E-state index contributed by atoms with van der Waals surface area (Å²) in [6.07, 6.45) is 3.07. The van der Waals surface area contributed by atoms with Gasteiger partial charge in [0.05, 0.1) is 0 Å². The van der Waals surface area contributed by atoms with Crippen molar-refractivity contribution in [3.05, 3.63) is 95.1 Å². The van der Waals surface area contributed by atoms with E-state index < -0.39 is 0 Å². The first-order valence-electron chi connectivity index (χ1n) is 11.6. The van der Waals surface area contributed by atoms with Crippen molar-refractivity contribution in [2.24, 2.45) is 5.92 Å². The third-order valence-corrected chi connectivity index (χ3v) is 6.86. The van der Waals surface area contributed by atoms with Crippen molar-refractivity contribution in [1.82, 2.24) is 25.7 Å². The van der Waals surface area contributed by atoms with E-state index in [1.807, 2.05) is 12.1 Å². The van der Waals surface area contributed by atoms with Crippen LogP contribution < -0.4 is 11.1 Å². The summed E-state index contributed by atoms with van der Waals surface area (Å²) < 4.78 is 0. The summed E-state index contributed by atoms with van der Waals surface area (Å²) >= 11 is 0. The molecule has 0 bridgehead atoms. The molecule has 0 fully saturated rings. The molecule has 3 atom stereocenters. The van der Waals surface area contributed by atoms with Crippen LogP contribution >= 0.6 is 0 Å². The van der Waals surface area contributed by atoms with Crippen LogP contribution in [0.4, 0.5) is 5.82 Å². The van der Waals surface area contributed by atoms with Crippen LogP contribution in [0.1, 0.15) is 54.0 Å². The molecule has 2 unspecified atom stereocenters. The number of benzene rings is 2. The lowest BCUT2D eigenvalue weighted by atomic mass is 9.78. The van der Waals surface area contributed by atoms with Gasteiger partial charge in [-0.2, -0.15) is 10.3 Å². The lowest BCUT2D eigenvalue weighted by Crippen LogP contribution is -2.31. The maximum Gasteiger partial charge on any atom is 0.203 e. The third-order valence-electron chi connectivity index (χ3n) is 6.86. The van der Waals surface area contributed by atoms with Crippen LogP contribution in [-0.2, 0) is 6.42 Å². The number of nitrogens with one attached hydrogen (secondary N) is 2. The molecule has 2 aromatic carbocycles. The van der Waals surface area contributed by atoms with Crippen LogP contribution in [0.5, 0.6) is 0 Å². The van der Waals surface area contributed by atoms with E-state index >= 15 is 0 Å². The number of hydrogen-bond donors (Lipinski definition) is 3. The zero-order valence-corrected chi connectivity index (χ0v) is 19.0. The molecule has 1 aliphatic carbocycles. The SMILES string of the molecule is C=C(C)[C@H]1Cc2ccccc2C(NCCC(c2ccccc2)c2cc(N)nc3n[nH]nc23)C1. The van der Waals surface area contributed by atoms with E-state index in [1.54, 1.807) is 0 Å². The van der Waals surface area contributed by atoms with E-state index in [0.717, 1.165) is 36.9 Å². The predicted octanol–water partition coefficient (Wildman–Crippen LogP) is 4.93. The molecule has 33 heavy (non-hydrogen) atoms. The maximum absolute atomic E-state index is 6.13. The largest absolute Gasteiger partial charge is 0.384 e. The van der Waals surface area contributed by atoms with Gasteiger partial charge in [0, 0.05) is 12.0 Å². The number of fused-ring (bicyclic) bond motifs is 2. The van der Waals surface area contributed by atoms with Gasteiger partial charge in [0.1, 0.15) is 11.3 Å². The number of nitrogen functional groups attached to an aromatic ring is 1. The van der Waals surface area contributed by atoms with E-state index in [-0.39, 0.29) is 5.92 Å². The van der Waals surface area contributed by atoms with Crippen molar-refractivity contribution in [2.75, 3.05) is 12.3 Å². The summed E-state index contributed by atoms with van der Waals surface area (Å²) in [6, 6.07) is 21.6. The molecule has 5 rings (SSSR count). The first kappa shape index (κ1) is 21.3. The van der Waals surface area contributed by atoms with Crippen molar-refractivity contribution in [3.8, 4) is 0 Å². The van der Waals surface area contributed by atoms with Crippen LogP contribution in [0.15, 0.2) is 72.8 Å². The van der Waals surface area contributed by atoms with Gasteiger partial charge < -0.3 is 11.1 Å². The number of H-pyrrole nitrogens is 1. The number of allylic oxidation sites excluding steroid dienone is 1. The van der Waals surface area contributed by atoms with E-state index in [0.29, 0.717) is 23.4 Å². The lowest BCUT2D eigenvalue weighted by molar-refractivity contribution is 0.390. The number of pyridine rings is 1. The van der Waals surface area contributed by atoms with Gasteiger partial charge in [0.2, 0.25) is 5.65 Å². The smallest absolute Gasteiger partial charge is 0.203 e. The second-order valence-corrected chi connectivity index (χ2v) is 9.07. The highest BCUT2D eigenvalue weighted by molar-refractivity contribution is 5.77. The number of nitrogens with two attached hydrogens (primary N) is 1. The number of nitrogens with zero attached hydrogens (tertiary/aromatic N) is 3. The van der Waals surface area contributed by atoms with Gasteiger partial charge in [-0.25, -0.2) is 4.98 Å². The standard InChI is InChI=1S/C27H30N6/c1-17(2)20-14-19-10-6-7-11-22(19)24(15-20)29-13-12-21(18-8-4-3-5-9-18)23-16-25(28)30-27-26(23)31-33-32-27/h3-11,16,20-21,24,29H,1,12-15H2,2H3,(H3,28,30,31,32,33)/t20-,21?,24?/m0/s1. The summed E-state index contributed by atoms with van der Waals surface area (Å²) in [5.74, 6) is 1.11. The van der Waals surface area contributed by atoms with Crippen LogP contribution in [0.3, 0.4) is 0 Å². The molecular weight excluding hydrogens is 408 g/mol. The molecule has 168 valence electrons. The van der Waals surface area contributed by atoms with Gasteiger partial charge >= 0.3 is 0 Å². The summed E-state index contributed by atoms with van der Waals surface area (Å²) in [5, 5.41) is 15.1. The van der Waals surface area contributed by atoms with Crippen molar-refractivity contribution in [1.29, 1.82) is 0 Å². The van der Waals surface area contributed by atoms with E-state index in [9.17, 15) is 0 Å². The minimum absolute atomic E-state index is 0.132. The van der Waals surface area contributed by atoms with Crippen molar-refractivity contribution >= 4 is 17.0 Å². The highest BCUT2D eigenvalue weighted by atomic mass is 15.3. The van der Waals surface area contributed by atoms with E-state index in [1.165, 1.54) is 22.3 Å². The Hall–Kier alpha value is -3.51. The predicted molar refractivity (Wildman–Crippen MR) is 133 cm³/mol. The minimum Gasteiger partial charge on any atom is -0.384 e. The fourth-order valence-corrected chi connectivity index (χ4v) is 5.12. The molecule has 1 aliphatic rings. The molecule has 0 spiro atoms. The van der Waals surface area contributed by atoms with Crippen molar-refractivity contribution in [3.63, 3.8) is 0 Å². The molecule has 0 saturated carbocycles. The zero-order chi connectivity index (χ0) is 22.8. The zero-order valence-electron chi connectivity index (χ0n) is 19.0. The average Bonchev–Trinajstić information content (AvgIpc) is 3.30. The molecule has 0 saturated heterocycles. The van der Waals surface area contributed by atoms with E-state index in [4.69, 9.17) is 5.73 Å². The molecule has 2 heterocycles. The first-order chi connectivity index (χ1) is 16.1. The van der Waals surface area contributed by atoms with Crippen molar-refractivity contribution < 1.29 is 0 Å². The summed E-state index contributed by atoms with van der Waals surface area (Å²) in [6.45, 7) is 7.26. The number of anilines is 1. The number of aromatic amines is 1. The Labute approximate surface area is 194 Å². The molecule has 0 radical (unpaired) electrons. The molecule has 0 amide bonds. The molecule has 4 aromatic rings. The third kappa shape index (κ3) is 4.39. The Morgan fingerprint density at radius 2 is 1.94 bits per heavy atom. The van der Waals surface area contributed by atoms with Gasteiger partial charge in [-0.3, -0.25) is 0 Å². The van der Waals surface area contributed by atoms with Crippen LogP contribution in [0.2, 0.25) is 0 Å². The minimum atomic E-state index is 0.132. The first-order valence-corrected chi connectivity index (χ1v) is 11.6. The second kappa shape index (κ2) is 9.16. The van der Waals surface area contributed by atoms with Gasteiger partial charge in [0.15, 0.2) is 0 Å². The Bertz CT molecular complexity index is 1260.